The molecule has 0 unspecified atom stereocenters. The summed E-state index contributed by atoms with van der Waals surface area (Å²) < 4.78 is 101. The van der Waals surface area contributed by atoms with Crippen LogP contribution in [0.4, 0.5) is 5.69 Å². The molecule has 0 aliphatic heterocycles. The Morgan fingerprint density at radius 1 is 0.938 bits per heavy atom. The number of ether oxygens (including phenoxy) is 1. The van der Waals surface area contributed by atoms with Gasteiger partial charge in [-0.2, -0.15) is 25.3 Å². The summed E-state index contributed by atoms with van der Waals surface area (Å²) in [5, 5.41) is 0. The molecule has 0 radical (unpaired) electrons. The Balaban J connectivity index is 3.37. The standard InChI is InChI=1S/C17H25NO11S3/c1-12(2)18(6-4-8-30(20,21)22)16-11-14(32(26,27)28)10-15(13(16)3)17(19)29-7-5-9-31(23,24)25/h10-11H,4-9H2,1-3H3,(H2-,20,21,22,23,24,25,26,27,28)/p+1. The average Bonchev–Trinajstić information content (AvgIpc) is 2.60. The molecule has 0 spiro atoms. The van der Waals surface area contributed by atoms with Crippen molar-refractivity contribution < 1.29 is 53.0 Å². The predicted molar refractivity (Wildman–Crippen MR) is 114 cm³/mol. The molecule has 0 amide bonds. The van der Waals surface area contributed by atoms with Crippen LogP contribution in [0.25, 0.3) is 0 Å². The lowest BCUT2D eigenvalue weighted by Crippen LogP contribution is -2.20. The van der Waals surface area contributed by atoms with Gasteiger partial charge in [0.1, 0.15) is 11.4 Å². The van der Waals surface area contributed by atoms with E-state index in [0.29, 0.717) is 5.71 Å². The van der Waals surface area contributed by atoms with Gasteiger partial charge >= 0.3 is 5.97 Å². The van der Waals surface area contributed by atoms with Crippen LogP contribution in [0.1, 0.15) is 42.6 Å². The van der Waals surface area contributed by atoms with E-state index in [1.54, 1.807) is 13.8 Å². The normalized spacial score (nSPS) is 12.4. The summed E-state index contributed by atoms with van der Waals surface area (Å²) in [7, 11) is -13.2. The molecule has 0 saturated heterocycles. The van der Waals surface area contributed by atoms with Gasteiger partial charge in [0, 0.05) is 31.9 Å². The van der Waals surface area contributed by atoms with E-state index in [2.05, 4.69) is 0 Å². The van der Waals surface area contributed by atoms with Gasteiger partial charge in [0.15, 0.2) is 5.71 Å². The van der Waals surface area contributed by atoms with Crippen LogP contribution in [0.15, 0.2) is 17.0 Å². The van der Waals surface area contributed by atoms with Gasteiger partial charge in [0.2, 0.25) is 5.69 Å². The maximum atomic E-state index is 12.5. The van der Waals surface area contributed by atoms with Gasteiger partial charge in [-0.25, -0.2) is 9.37 Å². The van der Waals surface area contributed by atoms with Crippen LogP contribution in [0.2, 0.25) is 0 Å². The van der Waals surface area contributed by atoms with Gasteiger partial charge in [-0.05, 0) is 19.4 Å². The highest BCUT2D eigenvalue weighted by Gasteiger charge is 2.26. The first-order valence-corrected chi connectivity index (χ1v) is 13.9. The van der Waals surface area contributed by atoms with Crippen molar-refractivity contribution in [1.29, 1.82) is 0 Å². The summed E-state index contributed by atoms with van der Waals surface area (Å²) in [5.74, 6) is -2.17. The molecule has 12 nitrogen and oxygen atoms in total. The highest BCUT2D eigenvalue weighted by molar-refractivity contribution is 7.86. The highest BCUT2D eigenvalue weighted by atomic mass is 32.2. The van der Waals surface area contributed by atoms with Crippen LogP contribution in [0, 0.1) is 6.92 Å². The Morgan fingerprint density at radius 2 is 1.47 bits per heavy atom. The molecule has 0 aliphatic rings. The van der Waals surface area contributed by atoms with Gasteiger partial charge in [-0.15, -0.1) is 0 Å². The number of hydrogen-bond donors (Lipinski definition) is 3. The number of carbonyl (C=O) groups excluding carboxylic acids is 1. The summed E-state index contributed by atoms with van der Waals surface area (Å²) >= 11 is 0. The molecule has 0 heterocycles. The zero-order valence-electron chi connectivity index (χ0n) is 17.7. The van der Waals surface area contributed by atoms with Crippen molar-refractivity contribution in [2.45, 2.75) is 38.5 Å². The van der Waals surface area contributed by atoms with E-state index in [0.717, 1.165) is 12.1 Å². The van der Waals surface area contributed by atoms with Crippen molar-refractivity contribution in [3.63, 3.8) is 0 Å². The minimum atomic E-state index is -4.74. The fourth-order valence-electron chi connectivity index (χ4n) is 2.79. The van der Waals surface area contributed by atoms with E-state index in [-0.39, 0.29) is 42.8 Å². The van der Waals surface area contributed by atoms with E-state index in [1.807, 2.05) is 0 Å². The number of rotatable bonds is 11. The van der Waals surface area contributed by atoms with Crippen LogP contribution >= 0.6 is 0 Å². The van der Waals surface area contributed by atoms with Crippen molar-refractivity contribution in [1.82, 2.24) is 0 Å². The zero-order valence-corrected chi connectivity index (χ0v) is 20.1. The predicted octanol–water partition coefficient (Wildman–Crippen LogP) is 1.08. The summed E-state index contributed by atoms with van der Waals surface area (Å²) in [6.07, 6.45) is -0.215. The quantitative estimate of drug-likeness (QED) is 0.125. The van der Waals surface area contributed by atoms with E-state index in [9.17, 15) is 34.6 Å². The summed E-state index contributed by atoms with van der Waals surface area (Å²) in [4.78, 5) is 11.9. The van der Waals surface area contributed by atoms with Crippen molar-refractivity contribution in [3.05, 3.63) is 23.3 Å². The lowest BCUT2D eigenvalue weighted by molar-refractivity contribution is -0.442. The van der Waals surface area contributed by atoms with Gasteiger partial charge in [-0.3, -0.25) is 13.7 Å². The van der Waals surface area contributed by atoms with Crippen LogP contribution in [0.3, 0.4) is 0 Å². The average molecular weight is 517 g/mol. The van der Waals surface area contributed by atoms with E-state index >= 15 is 0 Å². The number of hydrogen-bond acceptors (Lipinski definition) is 8. The van der Waals surface area contributed by atoms with Gasteiger partial charge in [0.05, 0.1) is 23.7 Å². The molecule has 3 N–H and O–H groups in total. The summed E-state index contributed by atoms with van der Waals surface area (Å²) in [6.45, 7) is 4.46. The van der Waals surface area contributed by atoms with Crippen LogP contribution in [-0.4, -0.2) is 79.8 Å². The fraction of sp³-hybridized carbons (Fsp3) is 0.529. The smallest absolute Gasteiger partial charge is 0.338 e. The maximum Gasteiger partial charge on any atom is 0.338 e. The minimum absolute atomic E-state index is 0.0189. The number of carbonyl (C=O) groups is 1. The monoisotopic (exact) mass is 516 g/mol. The molecule has 0 fully saturated rings. The molecule has 182 valence electrons. The Bertz CT molecular complexity index is 1210. The van der Waals surface area contributed by atoms with E-state index < -0.39 is 52.7 Å². The molecular formula is C17H26NO11S3+. The number of nitrogens with zero attached hydrogens (tertiary/aromatic N) is 1. The second-order valence-electron chi connectivity index (χ2n) is 7.10. The Hall–Kier alpha value is -1.91. The molecule has 1 rings (SSSR count). The third-order valence-corrected chi connectivity index (χ3v) is 6.71. The minimum Gasteiger partial charge on any atom is -0.462 e. The maximum absolute atomic E-state index is 12.5. The summed E-state index contributed by atoms with van der Waals surface area (Å²) in [5.41, 5.74) is 0.817. The van der Waals surface area contributed by atoms with E-state index in [4.69, 9.17) is 13.8 Å². The lowest BCUT2D eigenvalue weighted by atomic mass is 10.1. The van der Waals surface area contributed by atoms with Crippen molar-refractivity contribution in [2.24, 2.45) is 0 Å². The highest BCUT2D eigenvalue weighted by Crippen LogP contribution is 2.28. The van der Waals surface area contributed by atoms with Crippen molar-refractivity contribution in [3.8, 4) is 0 Å². The van der Waals surface area contributed by atoms with Gasteiger partial charge < -0.3 is 4.74 Å². The Morgan fingerprint density at radius 3 is 1.94 bits per heavy atom. The lowest BCUT2D eigenvalue weighted by Gasteiger charge is -2.13. The third kappa shape index (κ3) is 9.30. The molecule has 15 heteroatoms. The molecule has 0 atom stereocenters. The van der Waals surface area contributed by atoms with Crippen LogP contribution in [-0.2, 0) is 35.1 Å². The van der Waals surface area contributed by atoms with Crippen molar-refractivity contribution >= 4 is 47.7 Å². The molecule has 0 aliphatic carbocycles. The largest absolute Gasteiger partial charge is 0.462 e. The molecule has 1 aromatic rings. The van der Waals surface area contributed by atoms with Gasteiger partial charge in [0.25, 0.3) is 30.4 Å². The van der Waals surface area contributed by atoms with Crippen LogP contribution in [0.5, 0.6) is 0 Å². The first-order chi connectivity index (χ1) is 14.4. The Kier molecular flexibility index (Phi) is 9.50. The van der Waals surface area contributed by atoms with Gasteiger partial charge in [-0.1, -0.05) is 0 Å². The molecular weight excluding hydrogens is 490 g/mol. The second kappa shape index (κ2) is 10.8. The third-order valence-electron chi connectivity index (χ3n) is 4.27. The molecule has 32 heavy (non-hydrogen) atoms. The molecule has 0 bridgehead atoms. The number of esters is 1. The molecule has 0 saturated carbocycles. The topological polar surface area (TPSA) is 192 Å². The molecule has 1 aromatic carbocycles. The second-order valence-corrected chi connectivity index (χ2v) is 11.7. The first-order valence-electron chi connectivity index (χ1n) is 9.19. The summed E-state index contributed by atoms with van der Waals surface area (Å²) in [6, 6.07) is 2.01. The fourth-order valence-corrected chi connectivity index (χ4v) is 4.29. The Labute approximate surface area is 187 Å². The first kappa shape index (κ1) is 28.1. The SMILES string of the molecule is CC(C)=[N+](CCCS(=O)(=O)O)c1cc(S(=O)(=O)O)cc(C(=O)OCCCS(=O)(=O)O)c1C. The number of benzene rings is 1. The van der Waals surface area contributed by atoms with Crippen LogP contribution < -0.4 is 0 Å². The molecule has 0 aromatic heterocycles. The van der Waals surface area contributed by atoms with Crippen molar-refractivity contribution in [2.75, 3.05) is 24.7 Å². The van der Waals surface area contributed by atoms with E-state index in [1.165, 1.54) is 11.5 Å². The zero-order chi connectivity index (χ0) is 24.9.